The van der Waals surface area contributed by atoms with Crippen molar-refractivity contribution >= 4 is 33.3 Å². The minimum absolute atomic E-state index is 0.0200. The van der Waals surface area contributed by atoms with Crippen molar-refractivity contribution in [2.24, 2.45) is 0 Å². The Balaban J connectivity index is 1.85. The molecule has 1 unspecified atom stereocenters. The smallest absolute Gasteiger partial charge is 0.222 e. The molecule has 1 aliphatic rings. The quantitative estimate of drug-likeness (QED) is 0.817. The fourth-order valence-electron chi connectivity index (χ4n) is 2.76. The molecule has 6 nitrogen and oxygen atoms in total. The molecular weight excluding hydrogens is 352 g/mol. The molecule has 24 heavy (non-hydrogen) atoms. The van der Waals surface area contributed by atoms with Gasteiger partial charge in [-0.15, -0.1) is 0 Å². The van der Waals surface area contributed by atoms with Crippen molar-refractivity contribution in [3.05, 3.63) is 34.9 Å². The highest BCUT2D eigenvalue weighted by atomic mass is 35.5. The highest BCUT2D eigenvalue weighted by molar-refractivity contribution is 7.91. The maximum Gasteiger partial charge on any atom is 0.222 e. The summed E-state index contributed by atoms with van der Waals surface area (Å²) in [5.74, 6) is -0.341. The van der Waals surface area contributed by atoms with E-state index in [1.54, 1.807) is 6.07 Å². The summed E-state index contributed by atoms with van der Waals surface area (Å²) < 4.78 is 23.1. The van der Waals surface area contributed by atoms with Gasteiger partial charge in [0.1, 0.15) is 0 Å². The molecule has 1 atom stereocenters. The Bertz CT molecular complexity index is 721. The highest BCUT2D eigenvalue weighted by Crippen LogP contribution is 2.18. The molecule has 0 radical (unpaired) electrons. The van der Waals surface area contributed by atoms with Crippen molar-refractivity contribution in [3.8, 4) is 0 Å². The molecule has 1 saturated heterocycles. The SMILES string of the molecule is CC(=O)N(CCC(=O)NCc1ccccc1Cl)C1CCS(=O)(=O)C1. The second-order valence-electron chi connectivity index (χ2n) is 5.89. The fraction of sp³-hybridized carbons (Fsp3) is 0.500. The second-order valence-corrected chi connectivity index (χ2v) is 8.52. The van der Waals surface area contributed by atoms with Gasteiger partial charge in [0.15, 0.2) is 9.84 Å². The van der Waals surface area contributed by atoms with E-state index in [1.165, 1.54) is 11.8 Å². The third-order valence-corrected chi connectivity index (χ3v) is 6.19. The number of hydrogen-bond acceptors (Lipinski definition) is 4. The van der Waals surface area contributed by atoms with Gasteiger partial charge in [-0.2, -0.15) is 0 Å². The standard InChI is InChI=1S/C16H21ClN2O4S/c1-12(20)19(14-7-9-24(22,23)11-14)8-6-16(21)18-10-13-4-2-3-5-15(13)17/h2-5,14H,6-11H2,1H3,(H,18,21). The van der Waals surface area contributed by atoms with Crippen LogP contribution in [-0.2, 0) is 26.0 Å². The van der Waals surface area contributed by atoms with Crippen molar-refractivity contribution in [1.82, 2.24) is 10.2 Å². The van der Waals surface area contributed by atoms with E-state index in [-0.39, 0.29) is 42.3 Å². The molecule has 1 heterocycles. The van der Waals surface area contributed by atoms with Gasteiger partial charge in [-0.25, -0.2) is 8.42 Å². The molecule has 1 fully saturated rings. The van der Waals surface area contributed by atoms with Gasteiger partial charge in [0.25, 0.3) is 0 Å². The monoisotopic (exact) mass is 372 g/mol. The van der Waals surface area contributed by atoms with Crippen LogP contribution in [0.2, 0.25) is 5.02 Å². The first-order valence-corrected chi connectivity index (χ1v) is 9.96. The summed E-state index contributed by atoms with van der Waals surface area (Å²) >= 11 is 6.03. The number of nitrogens with one attached hydrogen (secondary N) is 1. The number of carbonyl (C=O) groups excluding carboxylic acids is 2. The van der Waals surface area contributed by atoms with Crippen molar-refractivity contribution in [2.45, 2.75) is 32.4 Å². The normalized spacial score (nSPS) is 19.0. The van der Waals surface area contributed by atoms with E-state index in [1.807, 2.05) is 18.2 Å². The average Bonchev–Trinajstić information content (AvgIpc) is 2.86. The molecular formula is C16H21ClN2O4S. The van der Waals surface area contributed by atoms with Crippen molar-refractivity contribution in [3.63, 3.8) is 0 Å². The largest absolute Gasteiger partial charge is 0.352 e. The maximum absolute atomic E-state index is 12.0. The summed E-state index contributed by atoms with van der Waals surface area (Å²) in [5, 5.41) is 3.34. The Morgan fingerprint density at radius 2 is 2.04 bits per heavy atom. The topological polar surface area (TPSA) is 83.6 Å². The lowest BCUT2D eigenvalue weighted by molar-refractivity contribution is -0.131. The molecule has 0 bridgehead atoms. The minimum atomic E-state index is -3.07. The highest BCUT2D eigenvalue weighted by Gasteiger charge is 2.33. The molecule has 2 amide bonds. The van der Waals surface area contributed by atoms with Crippen LogP contribution in [0.4, 0.5) is 0 Å². The van der Waals surface area contributed by atoms with Crippen LogP contribution in [-0.4, -0.2) is 49.2 Å². The number of benzene rings is 1. The molecule has 2 rings (SSSR count). The molecule has 8 heteroatoms. The zero-order valence-electron chi connectivity index (χ0n) is 13.5. The average molecular weight is 373 g/mol. The molecule has 1 aromatic carbocycles. The number of nitrogens with zero attached hydrogens (tertiary/aromatic N) is 1. The Kier molecular flexibility index (Phi) is 6.23. The zero-order chi connectivity index (χ0) is 17.7. The van der Waals surface area contributed by atoms with Crippen LogP contribution in [0.3, 0.4) is 0 Å². The second kappa shape index (κ2) is 7.98. The van der Waals surface area contributed by atoms with Crippen molar-refractivity contribution in [1.29, 1.82) is 0 Å². The molecule has 0 saturated carbocycles. The molecule has 0 aliphatic carbocycles. The van der Waals surface area contributed by atoms with E-state index in [0.29, 0.717) is 18.0 Å². The summed E-state index contributed by atoms with van der Waals surface area (Å²) in [6.07, 6.45) is 0.559. The van der Waals surface area contributed by atoms with Gasteiger partial charge in [-0.1, -0.05) is 29.8 Å². The van der Waals surface area contributed by atoms with Crippen LogP contribution in [0.15, 0.2) is 24.3 Å². The Labute approximate surface area is 147 Å². The van der Waals surface area contributed by atoms with Gasteiger partial charge < -0.3 is 10.2 Å². The maximum atomic E-state index is 12.0. The number of carbonyl (C=O) groups is 2. The Hall–Kier alpha value is -1.60. The van der Waals surface area contributed by atoms with Gasteiger partial charge in [0, 0.05) is 37.5 Å². The number of halogens is 1. The lowest BCUT2D eigenvalue weighted by Crippen LogP contribution is -2.42. The van der Waals surface area contributed by atoms with Crippen molar-refractivity contribution < 1.29 is 18.0 Å². The summed E-state index contributed by atoms with van der Waals surface area (Å²) in [5.41, 5.74) is 0.817. The number of amides is 2. The van der Waals surface area contributed by atoms with Gasteiger partial charge >= 0.3 is 0 Å². The first kappa shape index (κ1) is 18.7. The van der Waals surface area contributed by atoms with Crippen LogP contribution in [0.5, 0.6) is 0 Å². The zero-order valence-corrected chi connectivity index (χ0v) is 15.1. The fourth-order valence-corrected chi connectivity index (χ4v) is 4.70. The Morgan fingerprint density at radius 3 is 2.62 bits per heavy atom. The summed E-state index contributed by atoms with van der Waals surface area (Å²) in [6.45, 7) is 1.92. The van der Waals surface area contributed by atoms with Crippen LogP contribution < -0.4 is 5.32 Å². The third kappa shape index (κ3) is 5.21. The first-order valence-electron chi connectivity index (χ1n) is 7.76. The third-order valence-electron chi connectivity index (χ3n) is 4.07. The lowest BCUT2D eigenvalue weighted by atomic mass is 10.2. The molecule has 132 valence electrons. The van der Waals surface area contributed by atoms with Gasteiger partial charge in [-0.05, 0) is 18.1 Å². The minimum Gasteiger partial charge on any atom is -0.352 e. The molecule has 0 spiro atoms. The van der Waals surface area contributed by atoms with E-state index in [2.05, 4.69) is 5.32 Å². The summed E-state index contributed by atoms with van der Waals surface area (Å²) in [7, 11) is -3.07. The Morgan fingerprint density at radius 1 is 1.33 bits per heavy atom. The van der Waals surface area contributed by atoms with E-state index in [9.17, 15) is 18.0 Å². The number of hydrogen-bond donors (Lipinski definition) is 1. The number of sulfone groups is 1. The van der Waals surface area contributed by atoms with E-state index in [4.69, 9.17) is 11.6 Å². The molecule has 1 aromatic rings. The van der Waals surface area contributed by atoms with Crippen LogP contribution in [0.1, 0.15) is 25.3 Å². The van der Waals surface area contributed by atoms with Gasteiger partial charge in [-0.3, -0.25) is 9.59 Å². The molecule has 0 aromatic heterocycles. The summed E-state index contributed by atoms with van der Waals surface area (Å²) in [4.78, 5) is 25.2. The van der Waals surface area contributed by atoms with E-state index in [0.717, 1.165) is 5.56 Å². The molecule has 1 N–H and O–H groups in total. The van der Waals surface area contributed by atoms with Gasteiger partial charge in [0.2, 0.25) is 11.8 Å². The van der Waals surface area contributed by atoms with E-state index >= 15 is 0 Å². The van der Waals surface area contributed by atoms with E-state index < -0.39 is 9.84 Å². The predicted octanol–water partition coefficient (Wildman–Crippen LogP) is 1.38. The van der Waals surface area contributed by atoms with Crippen molar-refractivity contribution in [2.75, 3.05) is 18.1 Å². The van der Waals surface area contributed by atoms with Crippen LogP contribution in [0, 0.1) is 0 Å². The van der Waals surface area contributed by atoms with Crippen LogP contribution in [0.25, 0.3) is 0 Å². The predicted molar refractivity (Wildman–Crippen MR) is 92.4 cm³/mol. The number of rotatable bonds is 6. The van der Waals surface area contributed by atoms with Gasteiger partial charge in [0.05, 0.1) is 11.5 Å². The lowest BCUT2D eigenvalue weighted by Gasteiger charge is -2.26. The molecule has 1 aliphatic heterocycles. The summed E-state index contributed by atoms with van der Waals surface area (Å²) in [6, 6.07) is 6.90. The first-order chi connectivity index (χ1) is 11.3. The van der Waals surface area contributed by atoms with Crippen LogP contribution >= 0.6 is 11.6 Å².